The predicted molar refractivity (Wildman–Crippen MR) is 81.6 cm³/mol. The van der Waals surface area contributed by atoms with Gasteiger partial charge in [0, 0.05) is 11.1 Å². The molecular formula is C18H19FO2. The molecule has 0 N–H and O–H groups in total. The largest absolute Gasteiger partial charge is 0.494 e. The Hall–Kier alpha value is -2.16. The number of methoxy groups -OCH3 is 1. The van der Waals surface area contributed by atoms with Gasteiger partial charge < -0.3 is 4.74 Å². The zero-order valence-electron chi connectivity index (χ0n) is 12.6. The van der Waals surface area contributed by atoms with Crippen LogP contribution in [0.3, 0.4) is 0 Å². The Morgan fingerprint density at radius 1 is 1.00 bits per heavy atom. The Kier molecular flexibility index (Phi) is 4.73. The maximum atomic E-state index is 13.7. The average Bonchev–Trinajstić information content (AvgIpc) is 2.53. The molecule has 0 heterocycles. The van der Waals surface area contributed by atoms with Crippen LogP contribution in [0.4, 0.5) is 4.39 Å². The van der Waals surface area contributed by atoms with Gasteiger partial charge in [-0.1, -0.05) is 26.0 Å². The van der Waals surface area contributed by atoms with Gasteiger partial charge in [0.25, 0.3) is 0 Å². The number of benzene rings is 2. The van der Waals surface area contributed by atoms with Crippen molar-refractivity contribution in [1.29, 1.82) is 0 Å². The summed E-state index contributed by atoms with van der Waals surface area (Å²) in [5.74, 6) is -0.555. The van der Waals surface area contributed by atoms with Gasteiger partial charge in [0.2, 0.25) is 0 Å². The molecule has 2 nitrogen and oxygen atoms in total. The lowest BCUT2D eigenvalue weighted by atomic mass is 9.96. The second-order valence-electron chi connectivity index (χ2n) is 4.87. The molecule has 110 valence electrons. The van der Waals surface area contributed by atoms with E-state index in [1.807, 2.05) is 18.2 Å². The van der Waals surface area contributed by atoms with Crippen LogP contribution in [0.5, 0.6) is 5.75 Å². The Labute approximate surface area is 124 Å². The number of carbonyl (C=O) groups excluding carboxylic acids is 1. The van der Waals surface area contributed by atoms with Crippen LogP contribution in [-0.2, 0) is 12.8 Å². The third-order valence-corrected chi connectivity index (χ3v) is 3.64. The monoisotopic (exact) mass is 286 g/mol. The van der Waals surface area contributed by atoms with Gasteiger partial charge in [0.05, 0.1) is 7.11 Å². The molecule has 0 spiro atoms. The van der Waals surface area contributed by atoms with E-state index in [9.17, 15) is 9.18 Å². The van der Waals surface area contributed by atoms with Crippen molar-refractivity contribution in [1.82, 2.24) is 0 Å². The minimum Gasteiger partial charge on any atom is -0.494 e. The van der Waals surface area contributed by atoms with Crippen molar-refractivity contribution in [2.75, 3.05) is 7.11 Å². The molecule has 0 aromatic heterocycles. The number of carbonyl (C=O) groups is 1. The van der Waals surface area contributed by atoms with Gasteiger partial charge in [-0.15, -0.1) is 0 Å². The fourth-order valence-corrected chi connectivity index (χ4v) is 2.42. The highest BCUT2D eigenvalue weighted by molar-refractivity contribution is 6.09. The molecule has 0 saturated heterocycles. The number of rotatable bonds is 5. The predicted octanol–water partition coefficient (Wildman–Crippen LogP) is 4.19. The van der Waals surface area contributed by atoms with E-state index in [1.165, 1.54) is 24.8 Å². The average molecular weight is 286 g/mol. The Bertz CT molecular complexity index is 662. The fraction of sp³-hybridized carbons (Fsp3) is 0.278. The first-order chi connectivity index (χ1) is 10.1. The summed E-state index contributed by atoms with van der Waals surface area (Å²) in [5.41, 5.74) is 3.33. The second-order valence-corrected chi connectivity index (χ2v) is 4.87. The number of hydrogen-bond acceptors (Lipinski definition) is 2. The van der Waals surface area contributed by atoms with Crippen LogP contribution in [0.25, 0.3) is 0 Å². The molecule has 0 aliphatic carbocycles. The van der Waals surface area contributed by atoms with Crippen LogP contribution in [0.15, 0.2) is 36.4 Å². The van der Waals surface area contributed by atoms with Crippen LogP contribution in [0.1, 0.15) is 40.9 Å². The van der Waals surface area contributed by atoms with Gasteiger partial charge in [0.1, 0.15) is 0 Å². The van der Waals surface area contributed by atoms with Crippen molar-refractivity contribution in [2.24, 2.45) is 0 Å². The van der Waals surface area contributed by atoms with Crippen molar-refractivity contribution in [3.05, 3.63) is 64.5 Å². The summed E-state index contributed by atoms with van der Waals surface area (Å²) in [5, 5.41) is 0. The summed E-state index contributed by atoms with van der Waals surface area (Å²) in [4.78, 5) is 12.5. The van der Waals surface area contributed by atoms with Gasteiger partial charge in [0.15, 0.2) is 17.3 Å². The standard InChI is InChI=1S/C18H19FO2/c1-4-12-6-7-14(10-13(12)5-2)18(20)15-8-9-17(21-3)16(19)11-15/h6-11H,4-5H2,1-3H3. The summed E-state index contributed by atoms with van der Waals surface area (Å²) in [6, 6.07) is 9.98. The Morgan fingerprint density at radius 2 is 1.62 bits per heavy atom. The molecule has 0 aliphatic heterocycles. The van der Waals surface area contributed by atoms with E-state index in [1.54, 1.807) is 6.07 Å². The lowest BCUT2D eigenvalue weighted by Crippen LogP contribution is -2.04. The molecule has 0 fully saturated rings. The van der Waals surface area contributed by atoms with E-state index in [2.05, 4.69) is 13.8 Å². The molecule has 21 heavy (non-hydrogen) atoms. The van der Waals surface area contributed by atoms with Crippen LogP contribution in [0, 0.1) is 5.82 Å². The van der Waals surface area contributed by atoms with E-state index in [0.29, 0.717) is 11.1 Å². The highest BCUT2D eigenvalue weighted by Crippen LogP contribution is 2.21. The fourth-order valence-electron chi connectivity index (χ4n) is 2.42. The van der Waals surface area contributed by atoms with Crippen molar-refractivity contribution in [2.45, 2.75) is 26.7 Å². The first-order valence-corrected chi connectivity index (χ1v) is 7.10. The summed E-state index contributed by atoms with van der Waals surface area (Å²) < 4.78 is 18.6. The summed E-state index contributed by atoms with van der Waals surface area (Å²) >= 11 is 0. The normalized spacial score (nSPS) is 10.5. The molecular weight excluding hydrogens is 267 g/mol. The zero-order chi connectivity index (χ0) is 15.4. The number of hydrogen-bond donors (Lipinski definition) is 0. The van der Waals surface area contributed by atoms with Crippen LogP contribution in [0.2, 0.25) is 0 Å². The zero-order valence-corrected chi connectivity index (χ0v) is 12.6. The molecule has 2 aromatic rings. The van der Waals surface area contributed by atoms with Gasteiger partial charge in [-0.25, -0.2) is 4.39 Å². The maximum Gasteiger partial charge on any atom is 0.193 e. The second kappa shape index (κ2) is 6.53. The Morgan fingerprint density at radius 3 is 2.19 bits per heavy atom. The molecule has 0 amide bonds. The van der Waals surface area contributed by atoms with E-state index in [4.69, 9.17) is 4.74 Å². The summed E-state index contributed by atoms with van der Waals surface area (Å²) in [6.07, 6.45) is 1.82. The molecule has 0 saturated carbocycles. The van der Waals surface area contributed by atoms with E-state index >= 15 is 0 Å². The maximum absolute atomic E-state index is 13.7. The summed E-state index contributed by atoms with van der Waals surface area (Å²) in [6.45, 7) is 4.16. The van der Waals surface area contributed by atoms with Crippen LogP contribution in [-0.4, -0.2) is 12.9 Å². The summed E-state index contributed by atoms with van der Waals surface area (Å²) in [7, 11) is 1.40. The van der Waals surface area contributed by atoms with Gasteiger partial charge in [-0.05, 0) is 48.2 Å². The van der Waals surface area contributed by atoms with Crippen molar-refractivity contribution in [3.8, 4) is 5.75 Å². The smallest absolute Gasteiger partial charge is 0.193 e. The van der Waals surface area contributed by atoms with Gasteiger partial charge in [-0.2, -0.15) is 0 Å². The molecule has 0 unspecified atom stereocenters. The third kappa shape index (κ3) is 3.13. The Balaban J connectivity index is 2.38. The lowest BCUT2D eigenvalue weighted by Gasteiger charge is -2.09. The third-order valence-electron chi connectivity index (χ3n) is 3.64. The minimum atomic E-state index is -0.524. The van der Waals surface area contributed by atoms with E-state index < -0.39 is 5.82 Å². The van der Waals surface area contributed by atoms with Crippen LogP contribution >= 0.6 is 0 Å². The molecule has 3 heteroatoms. The highest BCUT2D eigenvalue weighted by atomic mass is 19.1. The van der Waals surface area contributed by atoms with E-state index in [0.717, 1.165) is 18.4 Å². The molecule has 0 aliphatic rings. The first-order valence-electron chi connectivity index (χ1n) is 7.10. The molecule has 2 rings (SSSR count). The molecule has 0 atom stereocenters. The lowest BCUT2D eigenvalue weighted by molar-refractivity contribution is 0.103. The SMILES string of the molecule is CCc1ccc(C(=O)c2ccc(OC)c(F)c2)cc1CC. The number of ether oxygens (including phenoxy) is 1. The topological polar surface area (TPSA) is 26.3 Å². The van der Waals surface area contributed by atoms with Crippen molar-refractivity contribution >= 4 is 5.78 Å². The first kappa shape index (κ1) is 15.2. The van der Waals surface area contributed by atoms with Crippen molar-refractivity contribution in [3.63, 3.8) is 0 Å². The van der Waals surface area contributed by atoms with Crippen molar-refractivity contribution < 1.29 is 13.9 Å². The quantitative estimate of drug-likeness (QED) is 0.770. The van der Waals surface area contributed by atoms with E-state index in [-0.39, 0.29) is 11.5 Å². The highest BCUT2D eigenvalue weighted by Gasteiger charge is 2.13. The number of halogens is 1. The van der Waals surface area contributed by atoms with Gasteiger partial charge >= 0.3 is 0 Å². The molecule has 0 radical (unpaired) electrons. The minimum absolute atomic E-state index is 0.141. The number of aryl methyl sites for hydroxylation is 2. The van der Waals surface area contributed by atoms with Crippen LogP contribution < -0.4 is 4.74 Å². The molecule has 0 bridgehead atoms. The number of ketones is 1. The molecule has 2 aromatic carbocycles. The van der Waals surface area contributed by atoms with Gasteiger partial charge in [-0.3, -0.25) is 4.79 Å².